The highest BCUT2D eigenvalue weighted by atomic mass is 79.9. The number of hydrogen-bond donors (Lipinski definition) is 0. The van der Waals surface area contributed by atoms with Crippen LogP contribution in [0.3, 0.4) is 0 Å². The molecule has 5 aromatic carbocycles. The molecule has 68 heavy (non-hydrogen) atoms. The van der Waals surface area contributed by atoms with Gasteiger partial charge in [-0.2, -0.15) is 0 Å². The molecule has 0 aromatic heterocycles. The summed E-state index contributed by atoms with van der Waals surface area (Å²) in [5.41, 5.74) is 46.6. The molecule has 0 atom stereocenters. The fraction of sp³-hybridized carbons (Fsp3) is 0.545. The van der Waals surface area contributed by atoms with Crippen LogP contribution in [0.4, 0.5) is 0 Å². The first-order chi connectivity index (χ1) is 33.0. The summed E-state index contributed by atoms with van der Waals surface area (Å²) in [5.74, 6) is 0.775. The van der Waals surface area contributed by atoms with Crippen LogP contribution in [0.15, 0.2) is 8.95 Å². The van der Waals surface area contributed by atoms with E-state index in [1.54, 1.807) is 156 Å². The maximum atomic E-state index is 4.86. The lowest BCUT2D eigenvalue weighted by atomic mass is 9.51. The van der Waals surface area contributed by atoms with Crippen molar-refractivity contribution in [1.29, 1.82) is 0 Å². The third kappa shape index (κ3) is 6.25. The highest BCUT2D eigenvalue weighted by molar-refractivity contribution is 9.11. The minimum absolute atomic E-state index is 0.194. The topological polar surface area (TPSA) is 0 Å². The van der Waals surface area contributed by atoms with Crippen LogP contribution in [0, 0.1) is 0 Å². The van der Waals surface area contributed by atoms with E-state index < -0.39 is 0 Å². The van der Waals surface area contributed by atoms with E-state index in [9.17, 15) is 0 Å². The molecule has 362 valence electrons. The Hall–Kier alpha value is -2.94. The van der Waals surface area contributed by atoms with Gasteiger partial charge in [-0.1, -0.05) is 143 Å². The highest BCUT2D eigenvalue weighted by Crippen LogP contribution is 2.70. The number of halogens is 2. The fourth-order valence-electron chi connectivity index (χ4n) is 17.0. The Labute approximate surface area is 431 Å². The van der Waals surface area contributed by atoms with E-state index in [0.717, 1.165) is 103 Å². The highest BCUT2D eigenvalue weighted by Gasteiger charge is 2.55. The van der Waals surface area contributed by atoms with Crippen molar-refractivity contribution in [3.63, 3.8) is 0 Å². The Kier molecular flexibility index (Phi) is 14.2. The molecule has 5 aromatic rings. The van der Waals surface area contributed by atoms with Crippen LogP contribution in [0.5, 0.6) is 0 Å². The summed E-state index contributed by atoms with van der Waals surface area (Å²) in [7, 11) is 0. The monoisotopic (exact) mass is 1030 g/mol. The lowest BCUT2D eigenvalue weighted by Gasteiger charge is -2.53. The molecular formula is C66H84Br2. The van der Waals surface area contributed by atoms with Crippen LogP contribution in [0.1, 0.15) is 290 Å². The molecule has 0 fully saturated rings. The third-order valence-electron chi connectivity index (χ3n) is 18.8. The maximum absolute atomic E-state index is 4.86. The molecule has 6 aliphatic carbocycles. The first kappa shape index (κ1) is 50.0. The number of benzene rings is 5. The molecule has 0 spiro atoms. The molecule has 2 heteroatoms. The van der Waals surface area contributed by atoms with Gasteiger partial charge < -0.3 is 0 Å². The molecule has 0 nitrogen and oxygen atoms in total. The second-order valence-corrected chi connectivity index (χ2v) is 22.2. The minimum Gasteiger partial charge on any atom is -0.0613 e. The van der Waals surface area contributed by atoms with Gasteiger partial charge in [-0.05, 0) is 259 Å². The summed E-state index contributed by atoms with van der Waals surface area (Å²) in [5, 5.41) is 0. The van der Waals surface area contributed by atoms with Gasteiger partial charge in [0.1, 0.15) is 0 Å². The van der Waals surface area contributed by atoms with E-state index in [1.165, 1.54) is 8.95 Å². The predicted octanol–water partition coefficient (Wildman–Crippen LogP) is 18.2. The predicted molar refractivity (Wildman–Crippen MR) is 301 cm³/mol. The van der Waals surface area contributed by atoms with Crippen LogP contribution in [-0.2, 0) is 103 Å². The summed E-state index contributed by atoms with van der Waals surface area (Å²) in [6, 6.07) is 0. The normalized spacial score (nSPS) is 17.9. The summed E-state index contributed by atoms with van der Waals surface area (Å²) >= 11 is 9.72. The van der Waals surface area contributed by atoms with Crippen LogP contribution < -0.4 is 0 Å². The van der Waals surface area contributed by atoms with Crippen LogP contribution in [-0.4, -0.2) is 0 Å². The Morgan fingerprint density at radius 1 is 0.176 bits per heavy atom. The Morgan fingerprint density at radius 3 is 0.368 bits per heavy atom. The van der Waals surface area contributed by atoms with Crippen LogP contribution in [0.25, 0.3) is 0 Å². The minimum atomic E-state index is 0.194. The van der Waals surface area contributed by atoms with Gasteiger partial charge in [-0.15, -0.1) is 0 Å². The van der Waals surface area contributed by atoms with Crippen molar-refractivity contribution in [1.82, 2.24) is 0 Å². The van der Waals surface area contributed by atoms with Crippen molar-refractivity contribution in [3.05, 3.63) is 165 Å². The Morgan fingerprint density at radius 2 is 0.279 bits per heavy atom. The second-order valence-electron chi connectivity index (χ2n) is 20.6. The summed E-state index contributed by atoms with van der Waals surface area (Å²) < 4.78 is 2.88. The molecule has 0 heterocycles. The van der Waals surface area contributed by atoms with Crippen LogP contribution in [0.2, 0.25) is 0 Å². The molecule has 0 aliphatic heterocycles. The molecule has 0 N–H and O–H groups in total. The fourth-order valence-corrected chi connectivity index (χ4v) is 18.7. The zero-order valence-electron chi connectivity index (χ0n) is 45.4. The van der Waals surface area contributed by atoms with E-state index in [0.29, 0.717) is 0 Å². The van der Waals surface area contributed by atoms with Gasteiger partial charge in [0.2, 0.25) is 0 Å². The number of rotatable bonds is 16. The van der Waals surface area contributed by atoms with E-state index in [4.69, 9.17) is 31.9 Å². The first-order valence-corrected chi connectivity index (χ1v) is 29.9. The van der Waals surface area contributed by atoms with Gasteiger partial charge >= 0.3 is 0 Å². The SMILES string of the molecule is CCc1c(CC)c(CC)c2c(c1CC)C1c3c(Br)c4c(c(Br)c3C2c2c(CC)c(CC)c(CC)c(CC)c21)C1c2c(CC)c(CC)c(CC)c(CC)c2C4c2c(CC)c(CC)c(CC)c(CC)c21. The lowest BCUT2D eigenvalue weighted by molar-refractivity contribution is 0.660. The van der Waals surface area contributed by atoms with Gasteiger partial charge in [-0.25, -0.2) is 0 Å². The smallest absolute Gasteiger partial charge is 0.0366 e. The molecule has 0 saturated carbocycles. The molecule has 0 saturated heterocycles. The molecule has 0 unspecified atom stereocenters. The van der Waals surface area contributed by atoms with E-state index in [-0.39, 0.29) is 23.7 Å². The molecule has 6 aliphatic rings. The van der Waals surface area contributed by atoms with Crippen molar-refractivity contribution < 1.29 is 0 Å². The molecular weight excluding hydrogens is 953 g/mol. The Balaban J connectivity index is 1.57. The molecule has 0 radical (unpaired) electrons. The van der Waals surface area contributed by atoms with Crippen molar-refractivity contribution >= 4 is 31.9 Å². The van der Waals surface area contributed by atoms with Crippen molar-refractivity contribution in [2.45, 2.75) is 237 Å². The van der Waals surface area contributed by atoms with Crippen molar-refractivity contribution in [3.8, 4) is 0 Å². The average Bonchev–Trinajstić information content (AvgIpc) is 3.37. The van der Waals surface area contributed by atoms with E-state index >= 15 is 0 Å². The van der Waals surface area contributed by atoms with E-state index in [2.05, 4.69) is 111 Å². The summed E-state index contributed by atoms with van der Waals surface area (Å²) in [6.45, 7) is 39.4. The lowest BCUT2D eigenvalue weighted by Crippen LogP contribution is -2.38. The molecule has 0 amide bonds. The maximum Gasteiger partial charge on any atom is 0.0366 e. The van der Waals surface area contributed by atoms with Gasteiger partial charge in [0.05, 0.1) is 0 Å². The zero-order valence-corrected chi connectivity index (χ0v) is 48.6. The van der Waals surface area contributed by atoms with Gasteiger partial charge in [0.25, 0.3) is 0 Å². The van der Waals surface area contributed by atoms with Gasteiger partial charge in [0, 0.05) is 32.6 Å². The standard InChI is InChI=1S/C66H84Br2/c1-17-33-34(18-2)42(26-10)50-49(41(33)25-9)57-51-43(27-11)35(19-3)36(20-4)44(28-12)52(51)58(50)62-61(57)65(67)63-59-53-45(29-13)37(21-5)39(23-7)47(31-15)55(53)60(64(63)66(62)68)56-48(32-16)40(24-8)38(22-6)46(30-14)54(56)59/h57-60H,17-32H2,1-16H3. The quantitative estimate of drug-likeness (QED) is 0.0905. The van der Waals surface area contributed by atoms with Crippen molar-refractivity contribution in [2.24, 2.45) is 0 Å². The molecule has 11 rings (SSSR count). The average molecular weight is 1040 g/mol. The third-order valence-corrected chi connectivity index (χ3v) is 20.5. The van der Waals surface area contributed by atoms with Gasteiger partial charge in [0.15, 0.2) is 0 Å². The van der Waals surface area contributed by atoms with E-state index in [1.807, 2.05) is 0 Å². The zero-order chi connectivity index (χ0) is 48.9. The number of hydrogen-bond acceptors (Lipinski definition) is 0. The van der Waals surface area contributed by atoms with Crippen LogP contribution >= 0.6 is 31.9 Å². The Bertz CT molecular complexity index is 2350. The first-order valence-electron chi connectivity index (χ1n) is 28.3. The largest absolute Gasteiger partial charge is 0.0613 e. The second kappa shape index (κ2) is 19.2. The van der Waals surface area contributed by atoms with Crippen molar-refractivity contribution in [2.75, 3.05) is 0 Å². The van der Waals surface area contributed by atoms with Gasteiger partial charge in [-0.3, -0.25) is 0 Å². The molecule has 4 bridgehead atoms. The summed E-state index contributed by atoms with van der Waals surface area (Å²) in [4.78, 5) is 0. The summed E-state index contributed by atoms with van der Waals surface area (Å²) in [6.07, 6.45) is 17.5.